The summed E-state index contributed by atoms with van der Waals surface area (Å²) in [6, 6.07) is 14.7. The van der Waals surface area contributed by atoms with Crippen LogP contribution in [-0.2, 0) is 6.42 Å². The Morgan fingerprint density at radius 3 is 2.12 bits per heavy atom. The Bertz CT molecular complexity index is 1290. The zero-order chi connectivity index (χ0) is 23.5. The summed E-state index contributed by atoms with van der Waals surface area (Å²) in [4.78, 5) is 0. The highest BCUT2D eigenvalue weighted by Crippen LogP contribution is 2.35. The van der Waals surface area contributed by atoms with Crippen LogP contribution in [0.1, 0.15) is 31.7 Å². The Morgan fingerprint density at radius 1 is 0.727 bits per heavy atom. The van der Waals surface area contributed by atoms with Crippen LogP contribution in [0.15, 0.2) is 60.7 Å². The molecule has 170 valence electrons. The molecule has 0 N–H and O–H groups in total. The van der Waals surface area contributed by atoms with Crippen molar-refractivity contribution in [3.63, 3.8) is 0 Å². The molecule has 0 aliphatic carbocycles. The molecule has 0 aliphatic rings. The molecule has 0 aromatic heterocycles. The zero-order valence-corrected chi connectivity index (χ0v) is 18.5. The van der Waals surface area contributed by atoms with Crippen molar-refractivity contribution in [3.8, 4) is 28.0 Å². The van der Waals surface area contributed by atoms with Crippen molar-refractivity contribution in [3.05, 3.63) is 89.5 Å². The first-order valence-electron chi connectivity index (χ1n) is 11.0. The van der Waals surface area contributed by atoms with Crippen molar-refractivity contribution < 1.29 is 22.3 Å². The van der Waals surface area contributed by atoms with Gasteiger partial charge in [-0.2, -0.15) is 0 Å². The molecule has 4 rings (SSSR count). The average Bonchev–Trinajstić information content (AvgIpc) is 2.79. The number of aryl methyl sites for hydroxylation is 1. The molecule has 0 bridgehead atoms. The van der Waals surface area contributed by atoms with E-state index in [1.54, 1.807) is 12.1 Å². The van der Waals surface area contributed by atoms with Crippen LogP contribution >= 0.6 is 0 Å². The second kappa shape index (κ2) is 9.65. The molecule has 0 aliphatic heterocycles. The minimum Gasteiger partial charge on any atom is -0.494 e. The molecule has 0 fully saturated rings. The number of ether oxygens (including phenoxy) is 1. The quantitative estimate of drug-likeness (QED) is 0.202. The van der Waals surface area contributed by atoms with Gasteiger partial charge in [0.25, 0.3) is 0 Å². The van der Waals surface area contributed by atoms with Gasteiger partial charge in [0.15, 0.2) is 11.6 Å². The van der Waals surface area contributed by atoms with Crippen molar-refractivity contribution in [2.24, 2.45) is 0 Å². The van der Waals surface area contributed by atoms with Gasteiger partial charge < -0.3 is 4.74 Å². The van der Waals surface area contributed by atoms with Crippen LogP contribution < -0.4 is 4.74 Å². The first-order valence-corrected chi connectivity index (χ1v) is 11.0. The van der Waals surface area contributed by atoms with E-state index in [0.717, 1.165) is 54.8 Å². The van der Waals surface area contributed by atoms with Crippen LogP contribution in [0.25, 0.3) is 33.0 Å². The van der Waals surface area contributed by atoms with Gasteiger partial charge in [0.05, 0.1) is 12.7 Å². The number of hydrogen-bond donors (Lipinski definition) is 0. The number of unbranched alkanes of at least 4 members (excludes halogenated alkanes) is 2. The van der Waals surface area contributed by atoms with Gasteiger partial charge in [-0.15, -0.1) is 0 Å². The largest absolute Gasteiger partial charge is 0.494 e. The topological polar surface area (TPSA) is 9.23 Å². The van der Waals surface area contributed by atoms with Crippen LogP contribution in [0.2, 0.25) is 0 Å². The first kappa shape index (κ1) is 22.8. The van der Waals surface area contributed by atoms with Gasteiger partial charge in [0.1, 0.15) is 17.5 Å². The normalized spacial score (nSPS) is 11.2. The number of rotatable bonds is 7. The van der Waals surface area contributed by atoms with Gasteiger partial charge in [-0.3, -0.25) is 0 Å². The summed E-state index contributed by atoms with van der Waals surface area (Å²) in [5.41, 5.74) is 0.972. The second-order valence-corrected chi connectivity index (χ2v) is 8.10. The van der Waals surface area contributed by atoms with E-state index >= 15 is 4.39 Å². The lowest BCUT2D eigenvalue weighted by atomic mass is 9.95. The van der Waals surface area contributed by atoms with Gasteiger partial charge in [-0.05, 0) is 59.2 Å². The van der Waals surface area contributed by atoms with Crippen LogP contribution in [0.5, 0.6) is 5.75 Å². The number of benzene rings is 4. The van der Waals surface area contributed by atoms with Crippen molar-refractivity contribution in [1.29, 1.82) is 0 Å². The molecule has 0 amide bonds. The van der Waals surface area contributed by atoms with Gasteiger partial charge in [-0.25, -0.2) is 17.6 Å². The summed E-state index contributed by atoms with van der Waals surface area (Å²) >= 11 is 0. The highest BCUT2D eigenvalue weighted by molar-refractivity contribution is 5.89. The lowest BCUT2D eigenvalue weighted by Gasteiger charge is -2.12. The number of fused-ring (bicyclic) bond motifs is 1. The predicted octanol–water partition coefficient (Wildman–Crippen LogP) is 8.47. The molecule has 0 heterocycles. The molecule has 0 atom stereocenters. The Morgan fingerprint density at radius 2 is 1.45 bits per heavy atom. The third-order valence-corrected chi connectivity index (χ3v) is 5.88. The Balaban J connectivity index is 1.71. The van der Waals surface area contributed by atoms with E-state index in [9.17, 15) is 13.2 Å². The third-order valence-electron chi connectivity index (χ3n) is 5.88. The molecule has 4 aromatic carbocycles. The Hall–Kier alpha value is -3.34. The molecule has 0 unspecified atom stereocenters. The SMILES string of the molecule is CCCCCc1ccc2c(F)c(-c3cc(F)c(-c4ccc(OC)c(F)c4)c(F)c3)ccc2c1. The fourth-order valence-corrected chi connectivity index (χ4v) is 4.13. The predicted molar refractivity (Wildman–Crippen MR) is 124 cm³/mol. The standard InChI is InChI=1S/C28H24F4O/c1-3-4-5-6-17-7-10-21-18(13-17)8-11-22(28(21)32)20-15-24(30)27(25(31)16-20)19-9-12-26(33-2)23(29)14-19/h7-16H,3-6H2,1-2H3. The fourth-order valence-electron chi connectivity index (χ4n) is 4.13. The summed E-state index contributed by atoms with van der Waals surface area (Å²) in [6.07, 6.45) is 4.27. The number of halogens is 4. The monoisotopic (exact) mass is 452 g/mol. The average molecular weight is 452 g/mol. The summed E-state index contributed by atoms with van der Waals surface area (Å²) in [6.45, 7) is 2.14. The molecular formula is C28H24F4O. The van der Waals surface area contributed by atoms with E-state index in [-0.39, 0.29) is 28.0 Å². The third kappa shape index (κ3) is 4.58. The molecule has 0 saturated heterocycles. The maximum absolute atomic E-state index is 15.3. The molecule has 5 heteroatoms. The Labute approximate surface area is 190 Å². The van der Waals surface area contributed by atoms with Crippen molar-refractivity contribution in [2.45, 2.75) is 32.6 Å². The molecular weight excluding hydrogens is 428 g/mol. The van der Waals surface area contributed by atoms with Crippen molar-refractivity contribution >= 4 is 10.8 Å². The number of methoxy groups -OCH3 is 1. The second-order valence-electron chi connectivity index (χ2n) is 8.10. The van der Waals surface area contributed by atoms with Gasteiger partial charge >= 0.3 is 0 Å². The minimum absolute atomic E-state index is 0.0251. The summed E-state index contributed by atoms with van der Waals surface area (Å²) in [7, 11) is 1.30. The van der Waals surface area contributed by atoms with E-state index in [4.69, 9.17) is 4.74 Å². The molecule has 33 heavy (non-hydrogen) atoms. The van der Waals surface area contributed by atoms with Crippen molar-refractivity contribution in [1.82, 2.24) is 0 Å². The summed E-state index contributed by atoms with van der Waals surface area (Å²) < 4.78 is 64.1. The number of hydrogen-bond acceptors (Lipinski definition) is 1. The summed E-state index contributed by atoms with van der Waals surface area (Å²) in [5.74, 6) is -3.09. The van der Waals surface area contributed by atoms with Crippen LogP contribution in [-0.4, -0.2) is 7.11 Å². The van der Waals surface area contributed by atoms with Gasteiger partial charge in [0, 0.05) is 10.9 Å². The Kier molecular flexibility index (Phi) is 6.68. The van der Waals surface area contributed by atoms with Crippen molar-refractivity contribution in [2.75, 3.05) is 7.11 Å². The maximum atomic E-state index is 15.3. The molecule has 4 aromatic rings. The molecule has 0 spiro atoms. The lowest BCUT2D eigenvalue weighted by molar-refractivity contribution is 0.386. The van der Waals surface area contributed by atoms with Crippen LogP contribution in [0, 0.1) is 23.3 Å². The first-order chi connectivity index (χ1) is 15.9. The molecule has 1 nitrogen and oxygen atoms in total. The van der Waals surface area contributed by atoms with Gasteiger partial charge in [-0.1, -0.05) is 56.2 Å². The van der Waals surface area contributed by atoms with Crippen LogP contribution in [0.4, 0.5) is 17.6 Å². The zero-order valence-electron chi connectivity index (χ0n) is 18.5. The van der Waals surface area contributed by atoms with E-state index < -0.39 is 23.3 Å². The van der Waals surface area contributed by atoms with Crippen LogP contribution in [0.3, 0.4) is 0 Å². The van der Waals surface area contributed by atoms with E-state index in [1.165, 1.54) is 25.3 Å². The summed E-state index contributed by atoms with van der Waals surface area (Å²) in [5, 5.41) is 1.14. The fraction of sp³-hybridized carbons (Fsp3) is 0.214. The molecule has 0 saturated carbocycles. The minimum atomic E-state index is -0.902. The van der Waals surface area contributed by atoms with Gasteiger partial charge in [0.2, 0.25) is 0 Å². The van der Waals surface area contributed by atoms with E-state index in [2.05, 4.69) is 6.92 Å². The highest BCUT2D eigenvalue weighted by atomic mass is 19.1. The maximum Gasteiger partial charge on any atom is 0.165 e. The van der Waals surface area contributed by atoms with E-state index in [1.807, 2.05) is 12.1 Å². The smallest absolute Gasteiger partial charge is 0.165 e. The lowest BCUT2D eigenvalue weighted by Crippen LogP contribution is -1.96. The highest BCUT2D eigenvalue weighted by Gasteiger charge is 2.18. The van der Waals surface area contributed by atoms with E-state index in [0.29, 0.717) is 5.39 Å². The molecule has 0 radical (unpaired) electrons.